The molecular formula is C24H27BN2O5. The summed E-state index contributed by atoms with van der Waals surface area (Å²) >= 11 is 0. The minimum atomic E-state index is -0.524. The van der Waals surface area contributed by atoms with Gasteiger partial charge in [0.1, 0.15) is 22.8 Å². The summed E-state index contributed by atoms with van der Waals surface area (Å²) in [6.07, 6.45) is 0. The van der Waals surface area contributed by atoms with Gasteiger partial charge in [0.15, 0.2) is 0 Å². The second kappa shape index (κ2) is 8.11. The number of nitrogens with zero attached hydrogens (tertiary/aromatic N) is 1. The monoisotopic (exact) mass is 434 g/mol. The molecule has 1 aliphatic heterocycles. The number of carbonyl (C=O) groups is 1. The second-order valence-corrected chi connectivity index (χ2v) is 8.83. The predicted octanol–water partition coefficient (Wildman–Crippen LogP) is 4.21. The lowest BCUT2D eigenvalue weighted by Crippen LogP contribution is -2.41. The Bertz CT molecular complexity index is 1120. The van der Waals surface area contributed by atoms with Crippen molar-refractivity contribution in [3.63, 3.8) is 0 Å². The average molecular weight is 434 g/mol. The highest BCUT2D eigenvalue weighted by atomic mass is 16.7. The Morgan fingerprint density at radius 1 is 1.03 bits per heavy atom. The molecule has 0 radical (unpaired) electrons. The summed E-state index contributed by atoms with van der Waals surface area (Å²) in [4.78, 5) is 13.2. The maximum Gasteiger partial charge on any atom is 0.494 e. The molecule has 166 valence electrons. The highest BCUT2D eigenvalue weighted by Crippen LogP contribution is 2.37. The fourth-order valence-corrected chi connectivity index (χ4v) is 3.55. The van der Waals surface area contributed by atoms with Crippen LogP contribution in [0, 0.1) is 6.92 Å². The van der Waals surface area contributed by atoms with Gasteiger partial charge in [-0.1, -0.05) is 41.6 Å². The molecule has 0 unspecified atom stereocenters. The van der Waals surface area contributed by atoms with Crippen molar-refractivity contribution in [1.29, 1.82) is 0 Å². The van der Waals surface area contributed by atoms with Crippen molar-refractivity contribution in [2.45, 2.75) is 45.8 Å². The first-order valence-corrected chi connectivity index (χ1v) is 10.5. The minimum absolute atomic E-state index is 0.329. The van der Waals surface area contributed by atoms with E-state index < -0.39 is 18.3 Å². The predicted molar refractivity (Wildman–Crippen MR) is 123 cm³/mol. The summed E-state index contributed by atoms with van der Waals surface area (Å²) in [6.45, 7) is 9.73. The Labute approximate surface area is 188 Å². The molecule has 0 bridgehead atoms. The lowest BCUT2D eigenvalue weighted by atomic mass is 9.79. The van der Waals surface area contributed by atoms with E-state index in [1.807, 2.05) is 70.2 Å². The number of anilines is 1. The van der Waals surface area contributed by atoms with Gasteiger partial charge in [-0.3, -0.25) is 4.79 Å². The van der Waals surface area contributed by atoms with Crippen LogP contribution >= 0.6 is 0 Å². The molecule has 0 aliphatic carbocycles. The molecule has 1 fully saturated rings. The Morgan fingerprint density at radius 3 is 2.31 bits per heavy atom. The molecule has 0 saturated carbocycles. The highest BCUT2D eigenvalue weighted by Gasteiger charge is 2.51. The third-order valence-corrected chi connectivity index (χ3v) is 6.14. The molecule has 1 saturated heterocycles. The van der Waals surface area contributed by atoms with Crippen molar-refractivity contribution in [3.05, 3.63) is 59.9 Å². The zero-order valence-corrected chi connectivity index (χ0v) is 19.2. The third-order valence-electron chi connectivity index (χ3n) is 6.14. The number of benzene rings is 2. The van der Waals surface area contributed by atoms with E-state index in [2.05, 4.69) is 10.5 Å². The Morgan fingerprint density at radius 2 is 1.69 bits per heavy atom. The Kier molecular flexibility index (Phi) is 5.60. The van der Waals surface area contributed by atoms with Crippen molar-refractivity contribution in [1.82, 2.24) is 5.16 Å². The van der Waals surface area contributed by atoms with E-state index in [9.17, 15) is 4.79 Å². The first kappa shape index (κ1) is 22.1. The fraction of sp³-hybridized carbons (Fsp3) is 0.333. The molecule has 32 heavy (non-hydrogen) atoms. The van der Waals surface area contributed by atoms with Crippen LogP contribution in [-0.2, 0) is 9.31 Å². The quantitative estimate of drug-likeness (QED) is 0.606. The van der Waals surface area contributed by atoms with E-state index in [-0.39, 0.29) is 5.91 Å². The topological polar surface area (TPSA) is 82.8 Å². The van der Waals surface area contributed by atoms with Gasteiger partial charge in [0.25, 0.3) is 5.91 Å². The molecule has 1 aromatic heterocycles. The molecule has 0 spiro atoms. The largest absolute Gasteiger partial charge is 0.495 e. The van der Waals surface area contributed by atoms with Crippen LogP contribution in [0.1, 0.15) is 43.8 Å². The number of hydrogen-bond acceptors (Lipinski definition) is 6. The van der Waals surface area contributed by atoms with Gasteiger partial charge in [0, 0.05) is 5.56 Å². The Balaban J connectivity index is 1.60. The smallest absolute Gasteiger partial charge is 0.494 e. The van der Waals surface area contributed by atoms with Crippen molar-refractivity contribution in [2.24, 2.45) is 0 Å². The first-order valence-electron chi connectivity index (χ1n) is 10.5. The van der Waals surface area contributed by atoms with Crippen LogP contribution < -0.4 is 15.5 Å². The van der Waals surface area contributed by atoms with Gasteiger partial charge < -0.3 is 23.9 Å². The number of amides is 1. The molecule has 8 heteroatoms. The van der Waals surface area contributed by atoms with Crippen LogP contribution in [0.4, 0.5) is 5.69 Å². The zero-order chi connectivity index (χ0) is 23.1. The van der Waals surface area contributed by atoms with Crippen molar-refractivity contribution in [3.8, 4) is 17.0 Å². The molecule has 1 amide bonds. The highest BCUT2D eigenvalue weighted by molar-refractivity contribution is 6.62. The summed E-state index contributed by atoms with van der Waals surface area (Å²) in [5, 5.41) is 7.00. The molecule has 1 N–H and O–H groups in total. The summed E-state index contributed by atoms with van der Waals surface area (Å²) in [6, 6.07) is 14.9. The maximum absolute atomic E-state index is 13.2. The van der Waals surface area contributed by atoms with Gasteiger partial charge in [0.05, 0.1) is 24.0 Å². The number of hydrogen-bond donors (Lipinski definition) is 1. The van der Waals surface area contributed by atoms with Crippen LogP contribution in [0.25, 0.3) is 11.3 Å². The van der Waals surface area contributed by atoms with Crippen LogP contribution in [0.3, 0.4) is 0 Å². The molecule has 4 rings (SSSR count). The van der Waals surface area contributed by atoms with Crippen LogP contribution in [0.15, 0.2) is 53.1 Å². The van der Waals surface area contributed by atoms with E-state index in [1.54, 1.807) is 20.1 Å². The number of carbonyl (C=O) groups excluding carboxylic acids is 1. The first-order chi connectivity index (χ1) is 15.1. The van der Waals surface area contributed by atoms with Crippen molar-refractivity contribution >= 4 is 24.2 Å². The van der Waals surface area contributed by atoms with E-state index in [4.69, 9.17) is 18.6 Å². The SMILES string of the molecule is COc1cc(B2OC(C)(C)C(C)(C)O2)ccc1NC(=O)c1c(-c2ccccc2)noc1C. The van der Waals surface area contributed by atoms with Gasteiger partial charge in [-0.05, 0) is 52.2 Å². The van der Waals surface area contributed by atoms with Crippen molar-refractivity contribution < 1.29 is 23.4 Å². The number of methoxy groups -OCH3 is 1. The molecule has 0 atom stereocenters. The normalized spacial score (nSPS) is 16.8. The molecule has 7 nitrogen and oxygen atoms in total. The molecular weight excluding hydrogens is 407 g/mol. The number of ether oxygens (including phenoxy) is 1. The molecule has 1 aliphatic rings. The van der Waals surface area contributed by atoms with Gasteiger partial charge in [0.2, 0.25) is 0 Å². The lowest BCUT2D eigenvalue weighted by Gasteiger charge is -2.32. The fourth-order valence-electron chi connectivity index (χ4n) is 3.55. The van der Waals surface area contributed by atoms with Crippen LogP contribution in [-0.4, -0.2) is 36.5 Å². The van der Waals surface area contributed by atoms with E-state index in [0.717, 1.165) is 11.0 Å². The van der Waals surface area contributed by atoms with Gasteiger partial charge >= 0.3 is 7.12 Å². The zero-order valence-electron chi connectivity index (χ0n) is 19.2. The second-order valence-electron chi connectivity index (χ2n) is 8.83. The molecule has 2 heterocycles. The summed E-state index contributed by atoms with van der Waals surface area (Å²) in [7, 11) is 1.03. The van der Waals surface area contributed by atoms with Crippen LogP contribution in [0.5, 0.6) is 5.75 Å². The van der Waals surface area contributed by atoms with Crippen LogP contribution in [0.2, 0.25) is 0 Å². The number of aromatic nitrogens is 1. The van der Waals surface area contributed by atoms with E-state index in [0.29, 0.717) is 28.5 Å². The standard InChI is InChI=1S/C24H27BN2O5/c1-15-20(21(27-30-15)16-10-8-7-9-11-16)22(28)26-18-13-12-17(14-19(18)29-6)25-31-23(2,3)24(4,5)32-25/h7-14H,1-6H3,(H,26,28). The van der Waals surface area contributed by atoms with Gasteiger partial charge in [-0.2, -0.15) is 0 Å². The molecule has 3 aromatic rings. The molecule has 2 aromatic carbocycles. The minimum Gasteiger partial charge on any atom is -0.495 e. The number of aryl methyl sites for hydroxylation is 1. The summed E-state index contributed by atoms with van der Waals surface area (Å²) in [5.74, 6) is 0.611. The maximum atomic E-state index is 13.2. The Hall–Kier alpha value is -3.10. The third kappa shape index (κ3) is 3.92. The summed E-state index contributed by atoms with van der Waals surface area (Å²) in [5.41, 5.74) is 2.12. The lowest BCUT2D eigenvalue weighted by molar-refractivity contribution is 0.00578. The number of rotatable bonds is 5. The summed E-state index contributed by atoms with van der Waals surface area (Å²) < 4.78 is 23.1. The average Bonchev–Trinajstić information content (AvgIpc) is 3.24. The van der Waals surface area contributed by atoms with Crippen molar-refractivity contribution in [2.75, 3.05) is 12.4 Å². The van der Waals surface area contributed by atoms with Gasteiger partial charge in [-0.25, -0.2) is 0 Å². The van der Waals surface area contributed by atoms with E-state index in [1.165, 1.54) is 0 Å². The van der Waals surface area contributed by atoms with Gasteiger partial charge in [-0.15, -0.1) is 0 Å². The number of nitrogens with one attached hydrogen (secondary N) is 1. The van der Waals surface area contributed by atoms with E-state index >= 15 is 0 Å².